The van der Waals surface area contributed by atoms with Crippen LogP contribution in [-0.4, -0.2) is 0 Å². The molecule has 1 aliphatic carbocycles. The Morgan fingerprint density at radius 1 is 1.69 bits per heavy atom. The number of hydrogen-bond donors (Lipinski definition) is 1. The van der Waals surface area contributed by atoms with Crippen LogP contribution in [0.1, 0.15) is 35.7 Å². The third-order valence-electron chi connectivity index (χ3n) is 2.44. The first kappa shape index (κ1) is 8.74. The van der Waals surface area contributed by atoms with E-state index in [1.165, 1.54) is 24.2 Å². The lowest BCUT2D eigenvalue weighted by Crippen LogP contribution is -2.09. The van der Waals surface area contributed by atoms with Gasteiger partial charge < -0.3 is 5.73 Å². The molecule has 2 rings (SSSR count). The number of thiophene rings is 1. The molecule has 0 amide bonds. The Labute approximate surface area is 82.0 Å². The summed E-state index contributed by atoms with van der Waals surface area (Å²) in [6, 6.07) is 4.19. The molecule has 0 unspecified atom stereocenters. The molecule has 0 bridgehead atoms. The molecule has 0 spiro atoms. The predicted octanol–water partition coefficient (Wildman–Crippen LogP) is 2.42. The van der Waals surface area contributed by atoms with Gasteiger partial charge in [-0.15, -0.1) is 11.3 Å². The molecule has 1 saturated carbocycles. The molecule has 2 nitrogen and oxygen atoms in total. The zero-order valence-corrected chi connectivity index (χ0v) is 8.18. The minimum Gasteiger partial charge on any atom is -0.324 e. The number of nitrogens with two attached hydrogens (primary N) is 1. The molecule has 2 N–H and O–H groups in total. The van der Waals surface area contributed by atoms with Gasteiger partial charge >= 0.3 is 0 Å². The molecule has 13 heavy (non-hydrogen) atoms. The van der Waals surface area contributed by atoms with Crippen LogP contribution in [0.15, 0.2) is 11.4 Å². The average molecular weight is 192 g/mol. The van der Waals surface area contributed by atoms with Crippen molar-refractivity contribution in [3.05, 3.63) is 21.9 Å². The molecule has 0 aromatic carbocycles. The molecule has 0 radical (unpaired) electrons. The minimum absolute atomic E-state index is 0.144. The van der Waals surface area contributed by atoms with Gasteiger partial charge in [0.15, 0.2) is 0 Å². The minimum atomic E-state index is 0.144. The van der Waals surface area contributed by atoms with E-state index in [4.69, 9.17) is 11.0 Å². The van der Waals surface area contributed by atoms with Crippen molar-refractivity contribution in [1.82, 2.24) is 0 Å². The predicted molar refractivity (Wildman–Crippen MR) is 53.3 cm³/mol. The molecule has 1 atom stereocenters. The first-order valence-electron chi connectivity index (χ1n) is 4.53. The summed E-state index contributed by atoms with van der Waals surface area (Å²) >= 11 is 1.48. The molecule has 68 valence electrons. The van der Waals surface area contributed by atoms with Crippen molar-refractivity contribution in [3.8, 4) is 6.07 Å². The Balaban J connectivity index is 2.01. The molecule has 1 aliphatic rings. The summed E-state index contributed by atoms with van der Waals surface area (Å²) in [5.74, 6) is 0.848. The van der Waals surface area contributed by atoms with Gasteiger partial charge in [-0.25, -0.2) is 0 Å². The highest BCUT2D eigenvalue weighted by Crippen LogP contribution is 2.37. The maximum Gasteiger partial charge on any atom is 0.110 e. The van der Waals surface area contributed by atoms with Crippen LogP contribution in [0.2, 0.25) is 0 Å². The van der Waals surface area contributed by atoms with E-state index < -0.39 is 0 Å². The van der Waals surface area contributed by atoms with E-state index in [0.29, 0.717) is 0 Å². The van der Waals surface area contributed by atoms with Crippen molar-refractivity contribution in [3.63, 3.8) is 0 Å². The van der Waals surface area contributed by atoms with Crippen LogP contribution in [-0.2, 0) is 0 Å². The maximum absolute atomic E-state index is 8.65. The second-order valence-electron chi connectivity index (χ2n) is 3.64. The van der Waals surface area contributed by atoms with Gasteiger partial charge in [0, 0.05) is 6.04 Å². The number of nitrogens with zero attached hydrogens (tertiary/aromatic N) is 1. The van der Waals surface area contributed by atoms with E-state index in [2.05, 4.69) is 6.07 Å². The van der Waals surface area contributed by atoms with E-state index in [1.54, 1.807) is 0 Å². The Hall–Kier alpha value is -0.850. The van der Waals surface area contributed by atoms with Gasteiger partial charge in [0.1, 0.15) is 10.9 Å². The fourth-order valence-electron chi connectivity index (χ4n) is 1.45. The summed E-state index contributed by atoms with van der Waals surface area (Å²) in [6.07, 6.45) is 3.76. The SMILES string of the molecule is N#Cc1cc([C@@H](N)CC2CC2)cs1. The van der Waals surface area contributed by atoms with Crippen molar-refractivity contribution in [1.29, 1.82) is 5.26 Å². The Bertz CT molecular complexity index is 333. The Kier molecular flexibility index (Phi) is 2.34. The maximum atomic E-state index is 8.65. The Morgan fingerprint density at radius 2 is 2.46 bits per heavy atom. The zero-order valence-electron chi connectivity index (χ0n) is 7.36. The molecule has 1 aromatic heterocycles. The molecular formula is C10H12N2S. The fraction of sp³-hybridized carbons (Fsp3) is 0.500. The zero-order chi connectivity index (χ0) is 9.26. The number of hydrogen-bond acceptors (Lipinski definition) is 3. The van der Waals surface area contributed by atoms with Crippen LogP contribution < -0.4 is 5.73 Å². The highest BCUT2D eigenvalue weighted by Gasteiger charge is 2.24. The monoisotopic (exact) mass is 192 g/mol. The van der Waals surface area contributed by atoms with Crippen molar-refractivity contribution in [2.45, 2.75) is 25.3 Å². The summed E-state index contributed by atoms with van der Waals surface area (Å²) in [4.78, 5) is 0.765. The smallest absolute Gasteiger partial charge is 0.110 e. The molecule has 3 heteroatoms. The summed E-state index contributed by atoms with van der Waals surface area (Å²) in [7, 11) is 0. The van der Waals surface area contributed by atoms with E-state index >= 15 is 0 Å². The standard InChI is InChI=1S/C10H12N2S/c11-5-9-4-8(6-13-9)10(12)3-7-1-2-7/h4,6-7,10H,1-3,12H2/t10-/m0/s1. The normalized spacial score (nSPS) is 18.2. The van der Waals surface area contributed by atoms with Crippen LogP contribution >= 0.6 is 11.3 Å². The van der Waals surface area contributed by atoms with Crippen molar-refractivity contribution in [2.24, 2.45) is 11.7 Å². The largest absolute Gasteiger partial charge is 0.324 e. The van der Waals surface area contributed by atoms with Gasteiger partial charge in [0.25, 0.3) is 0 Å². The second kappa shape index (κ2) is 3.49. The molecule has 1 fully saturated rings. The van der Waals surface area contributed by atoms with E-state index in [-0.39, 0.29) is 6.04 Å². The van der Waals surface area contributed by atoms with Crippen molar-refractivity contribution in [2.75, 3.05) is 0 Å². The summed E-state index contributed by atoms with van der Waals surface area (Å²) in [5.41, 5.74) is 7.13. The quantitative estimate of drug-likeness (QED) is 0.799. The van der Waals surface area contributed by atoms with Gasteiger partial charge in [-0.05, 0) is 29.3 Å². The van der Waals surface area contributed by atoms with E-state index in [0.717, 1.165) is 22.8 Å². The van der Waals surface area contributed by atoms with Gasteiger partial charge in [-0.2, -0.15) is 5.26 Å². The molecular weight excluding hydrogens is 180 g/mol. The lowest BCUT2D eigenvalue weighted by atomic mass is 10.1. The average Bonchev–Trinajstić information content (AvgIpc) is 2.82. The van der Waals surface area contributed by atoms with E-state index in [1.807, 2.05) is 11.4 Å². The van der Waals surface area contributed by atoms with Gasteiger partial charge in [0.05, 0.1) is 0 Å². The summed E-state index contributed by atoms with van der Waals surface area (Å²) in [6.45, 7) is 0. The van der Waals surface area contributed by atoms with E-state index in [9.17, 15) is 0 Å². The molecule has 0 saturated heterocycles. The molecule has 1 aromatic rings. The van der Waals surface area contributed by atoms with Crippen LogP contribution in [0.4, 0.5) is 0 Å². The first-order chi connectivity index (χ1) is 6.29. The van der Waals surface area contributed by atoms with Crippen LogP contribution in [0.25, 0.3) is 0 Å². The van der Waals surface area contributed by atoms with Crippen LogP contribution in [0, 0.1) is 17.2 Å². The van der Waals surface area contributed by atoms with Gasteiger partial charge in [0.2, 0.25) is 0 Å². The topological polar surface area (TPSA) is 49.8 Å². The lowest BCUT2D eigenvalue weighted by molar-refractivity contribution is 0.598. The highest BCUT2D eigenvalue weighted by molar-refractivity contribution is 7.10. The van der Waals surface area contributed by atoms with Crippen molar-refractivity contribution >= 4 is 11.3 Å². The number of nitriles is 1. The first-order valence-corrected chi connectivity index (χ1v) is 5.41. The van der Waals surface area contributed by atoms with Crippen molar-refractivity contribution < 1.29 is 0 Å². The third kappa shape index (κ3) is 2.09. The third-order valence-corrected chi connectivity index (χ3v) is 3.30. The van der Waals surface area contributed by atoms with Gasteiger partial charge in [-0.1, -0.05) is 12.8 Å². The lowest BCUT2D eigenvalue weighted by Gasteiger charge is -2.07. The summed E-state index contributed by atoms with van der Waals surface area (Å²) < 4.78 is 0. The van der Waals surface area contributed by atoms with Gasteiger partial charge in [-0.3, -0.25) is 0 Å². The van der Waals surface area contributed by atoms with Crippen LogP contribution in [0.5, 0.6) is 0 Å². The van der Waals surface area contributed by atoms with Crippen LogP contribution in [0.3, 0.4) is 0 Å². The Morgan fingerprint density at radius 3 is 3.00 bits per heavy atom. The second-order valence-corrected chi connectivity index (χ2v) is 4.55. The molecule has 1 heterocycles. The molecule has 0 aliphatic heterocycles. The highest BCUT2D eigenvalue weighted by atomic mass is 32.1. The summed E-state index contributed by atoms with van der Waals surface area (Å²) in [5, 5.41) is 10.7. The fourth-order valence-corrected chi connectivity index (χ4v) is 2.22. The number of rotatable bonds is 3.